The molecule has 0 bridgehead atoms. The van der Waals surface area contributed by atoms with E-state index in [1.807, 2.05) is 13.1 Å². The summed E-state index contributed by atoms with van der Waals surface area (Å²) in [6.45, 7) is 5.65. The number of hydrogen-bond acceptors (Lipinski definition) is 3. The van der Waals surface area contributed by atoms with Crippen molar-refractivity contribution in [3.05, 3.63) is 23.4 Å². The van der Waals surface area contributed by atoms with Crippen LogP contribution in [0, 0.1) is 19.8 Å². The van der Waals surface area contributed by atoms with Gasteiger partial charge in [-0.25, -0.2) is 4.98 Å². The smallest absolute Gasteiger partial charge is 0.306 e. The lowest BCUT2D eigenvalue weighted by Gasteiger charge is -2.32. The predicted molar refractivity (Wildman–Crippen MR) is 66.3 cm³/mol. The summed E-state index contributed by atoms with van der Waals surface area (Å²) >= 11 is 0. The Bertz CT molecular complexity index is 423. The van der Waals surface area contributed by atoms with Gasteiger partial charge in [0, 0.05) is 19.3 Å². The monoisotopic (exact) mass is 234 g/mol. The van der Waals surface area contributed by atoms with Gasteiger partial charge in [0.2, 0.25) is 0 Å². The number of carbonyl (C=O) groups is 1. The molecule has 17 heavy (non-hydrogen) atoms. The van der Waals surface area contributed by atoms with Crippen molar-refractivity contribution in [2.45, 2.75) is 26.7 Å². The van der Waals surface area contributed by atoms with Crippen molar-refractivity contribution in [2.75, 3.05) is 18.0 Å². The number of pyridine rings is 1. The minimum absolute atomic E-state index is 0.183. The number of nitrogens with zero attached hydrogens (tertiary/aromatic N) is 2. The first-order chi connectivity index (χ1) is 8.08. The molecule has 1 N–H and O–H groups in total. The molecular formula is C13H18N2O2. The average molecular weight is 234 g/mol. The van der Waals surface area contributed by atoms with Crippen LogP contribution in [0.1, 0.15) is 24.0 Å². The van der Waals surface area contributed by atoms with Gasteiger partial charge in [-0.05, 0) is 37.8 Å². The quantitative estimate of drug-likeness (QED) is 0.850. The van der Waals surface area contributed by atoms with E-state index in [0.29, 0.717) is 12.8 Å². The molecule has 0 atom stereocenters. The Hall–Kier alpha value is -1.58. The number of carboxylic acids is 1. The van der Waals surface area contributed by atoms with Gasteiger partial charge in [-0.1, -0.05) is 6.07 Å². The molecule has 2 heterocycles. The molecule has 4 heteroatoms. The zero-order chi connectivity index (χ0) is 12.4. The molecule has 0 unspecified atom stereocenters. The Morgan fingerprint density at radius 3 is 2.59 bits per heavy atom. The third-order valence-electron chi connectivity index (χ3n) is 3.33. The van der Waals surface area contributed by atoms with E-state index >= 15 is 0 Å². The Kier molecular flexibility index (Phi) is 3.31. The van der Waals surface area contributed by atoms with Crippen LogP contribution in [0.2, 0.25) is 0 Å². The van der Waals surface area contributed by atoms with Crippen LogP contribution >= 0.6 is 0 Å². The lowest BCUT2D eigenvalue weighted by molar-refractivity contribution is -0.142. The first-order valence-corrected chi connectivity index (χ1v) is 5.99. The summed E-state index contributed by atoms with van der Waals surface area (Å²) in [5.41, 5.74) is 2.32. The van der Waals surface area contributed by atoms with Gasteiger partial charge in [0.15, 0.2) is 0 Å². The van der Waals surface area contributed by atoms with Crippen molar-refractivity contribution in [3.63, 3.8) is 0 Å². The molecule has 1 aliphatic rings. The number of anilines is 1. The molecule has 0 radical (unpaired) electrons. The van der Waals surface area contributed by atoms with Crippen molar-refractivity contribution in [1.29, 1.82) is 0 Å². The molecule has 1 saturated heterocycles. The van der Waals surface area contributed by atoms with E-state index in [1.165, 1.54) is 5.56 Å². The van der Waals surface area contributed by atoms with Crippen LogP contribution in [-0.4, -0.2) is 29.1 Å². The van der Waals surface area contributed by atoms with Gasteiger partial charge in [0.05, 0.1) is 5.92 Å². The van der Waals surface area contributed by atoms with Crippen molar-refractivity contribution < 1.29 is 9.90 Å². The van der Waals surface area contributed by atoms with Crippen LogP contribution in [0.15, 0.2) is 12.3 Å². The van der Waals surface area contributed by atoms with Gasteiger partial charge in [-0.3, -0.25) is 4.79 Å². The highest BCUT2D eigenvalue weighted by atomic mass is 16.4. The van der Waals surface area contributed by atoms with Gasteiger partial charge in [-0.15, -0.1) is 0 Å². The first-order valence-electron chi connectivity index (χ1n) is 5.99. The van der Waals surface area contributed by atoms with Crippen LogP contribution < -0.4 is 4.90 Å². The van der Waals surface area contributed by atoms with Crippen LogP contribution in [0.25, 0.3) is 0 Å². The Morgan fingerprint density at radius 2 is 2.06 bits per heavy atom. The summed E-state index contributed by atoms with van der Waals surface area (Å²) in [6, 6.07) is 2.12. The van der Waals surface area contributed by atoms with Gasteiger partial charge >= 0.3 is 5.97 Å². The maximum atomic E-state index is 10.9. The molecular weight excluding hydrogens is 216 g/mol. The van der Waals surface area contributed by atoms with Crippen molar-refractivity contribution in [1.82, 2.24) is 4.98 Å². The molecule has 1 aromatic heterocycles. The Balaban J connectivity index is 2.08. The van der Waals surface area contributed by atoms with E-state index in [2.05, 4.69) is 22.9 Å². The highest BCUT2D eigenvalue weighted by Crippen LogP contribution is 2.24. The molecule has 4 nitrogen and oxygen atoms in total. The fraction of sp³-hybridized carbons (Fsp3) is 0.538. The Labute approximate surface area is 101 Å². The number of piperidine rings is 1. The SMILES string of the molecule is Cc1cnc(N2CCC(C(=O)O)CC2)c(C)c1. The van der Waals surface area contributed by atoms with Crippen LogP contribution in [0.3, 0.4) is 0 Å². The van der Waals surface area contributed by atoms with Gasteiger partial charge in [-0.2, -0.15) is 0 Å². The fourth-order valence-electron chi connectivity index (χ4n) is 2.38. The van der Waals surface area contributed by atoms with E-state index in [0.717, 1.165) is 24.5 Å². The largest absolute Gasteiger partial charge is 0.481 e. The van der Waals surface area contributed by atoms with E-state index in [1.54, 1.807) is 0 Å². The van der Waals surface area contributed by atoms with Gasteiger partial charge in [0.1, 0.15) is 5.82 Å². The molecule has 0 spiro atoms. The van der Waals surface area contributed by atoms with E-state index in [9.17, 15) is 4.79 Å². The summed E-state index contributed by atoms with van der Waals surface area (Å²) in [4.78, 5) is 17.5. The molecule has 0 amide bonds. The van der Waals surface area contributed by atoms with Gasteiger partial charge in [0.25, 0.3) is 0 Å². The Morgan fingerprint density at radius 1 is 1.41 bits per heavy atom. The molecule has 1 aromatic rings. The van der Waals surface area contributed by atoms with E-state index < -0.39 is 5.97 Å². The topological polar surface area (TPSA) is 53.4 Å². The normalized spacial score (nSPS) is 17.2. The summed E-state index contributed by atoms with van der Waals surface area (Å²) in [5, 5.41) is 8.95. The first kappa shape index (κ1) is 11.9. The average Bonchev–Trinajstić information content (AvgIpc) is 2.29. The lowest BCUT2D eigenvalue weighted by atomic mass is 9.97. The molecule has 1 fully saturated rings. The third kappa shape index (κ3) is 2.57. The maximum absolute atomic E-state index is 10.9. The third-order valence-corrected chi connectivity index (χ3v) is 3.33. The summed E-state index contributed by atoms with van der Waals surface area (Å²) < 4.78 is 0. The highest BCUT2D eigenvalue weighted by molar-refractivity contribution is 5.70. The van der Waals surface area contributed by atoms with Crippen LogP contribution in [-0.2, 0) is 4.79 Å². The van der Waals surface area contributed by atoms with Crippen molar-refractivity contribution in [2.24, 2.45) is 5.92 Å². The van der Waals surface area contributed by atoms with Crippen molar-refractivity contribution >= 4 is 11.8 Å². The number of aliphatic carboxylic acids is 1. The van der Waals surface area contributed by atoms with Crippen LogP contribution in [0.5, 0.6) is 0 Å². The minimum atomic E-state index is -0.668. The van der Waals surface area contributed by atoms with Gasteiger partial charge < -0.3 is 10.0 Å². The summed E-state index contributed by atoms with van der Waals surface area (Å²) in [6.07, 6.45) is 3.29. The zero-order valence-electron chi connectivity index (χ0n) is 10.3. The fourth-order valence-corrected chi connectivity index (χ4v) is 2.38. The summed E-state index contributed by atoms with van der Waals surface area (Å²) in [5.74, 6) is 0.148. The maximum Gasteiger partial charge on any atom is 0.306 e. The molecule has 1 aliphatic heterocycles. The standard InChI is InChI=1S/C13H18N2O2/c1-9-7-10(2)12(14-8-9)15-5-3-11(4-6-15)13(16)17/h7-8,11H,3-6H2,1-2H3,(H,16,17). The second kappa shape index (κ2) is 4.73. The predicted octanol–water partition coefficient (Wildman–Crippen LogP) is 2.00. The lowest BCUT2D eigenvalue weighted by Crippen LogP contribution is -2.37. The minimum Gasteiger partial charge on any atom is -0.481 e. The number of carboxylic acid groups (broad SMARTS) is 1. The molecule has 0 aromatic carbocycles. The highest BCUT2D eigenvalue weighted by Gasteiger charge is 2.25. The van der Waals surface area contributed by atoms with Crippen LogP contribution in [0.4, 0.5) is 5.82 Å². The zero-order valence-corrected chi connectivity index (χ0v) is 10.3. The summed E-state index contributed by atoms with van der Waals surface area (Å²) in [7, 11) is 0. The van der Waals surface area contributed by atoms with E-state index in [4.69, 9.17) is 5.11 Å². The second-order valence-corrected chi connectivity index (χ2v) is 4.75. The number of aryl methyl sites for hydroxylation is 2. The second-order valence-electron chi connectivity index (χ2n) is 4.75. The molecule has 2 rings (SSSR count). The molecule has 92 valence electrons. The number of rotatable bonds is 2. The van der Waals surface area contributed by atoms with Crippen molar-refractivity contribution in [3.8, 4) is 0 Å². The van der Waals surface area contributed by atoms with E-state index in [-0.39, 0.29) is 5.92 Å². The number of aromatic nitrogens is 1. The molecule has 0 saturated carbocycles. The molecule has 0 aliphatic carbocycles. The number of hydrogen-bond donors (Lipinski definition) is 1.